The Morgan fingerprint density at radius 3 is 2.55 bits per heavy atom. The number of ether oxygens (including phenoxy) is 1. The number of rotatable bonds is 5. The Morgan fingerprint density at radius 1 is 1.19 bits per heavy atom. The maximum Gasteiger partial charge on any atom is 0.311 e. The third-order valence-corrected chi connectivity index (χ3v) is 6.19. The van der Waals surface area contributed by atoms with Crippen LogP contribution in [0.2, 0.25) is 0 Å². The smallest absolute Gasteiger partial charge is 0.311 e. The molecule has 0 bridgehead atoms. The quantitative estimate of drug-likeness (QED) is 0.706. The number of methoxy groups -OCH3 is 1. The molecule has 0 aliphatic carbocycles. The second kappa shape index (κ2) is 8.46. The van der Waals surface area contributed by atoms with E-state index in [2.05, 4.69) is 15.2 Å². The Bertz CT molecular complexity index is 966. The van der Waals surface area contributed by atoms with Gasteiger partial charge in [-0.2, -0.15) is 5.10 Å². The molecule has 3 heterocycles. The lowest BCUT2D eigenvalue weighted by Crippen LogP contribution is -2.58. The number of hydroxylamine groups is 2. The van der Waals surface area contributed by atoms with E-state index in [0.29, 0.717) is 37.6 Å². The molecule has 1 aromatic carbocycles. The predicted molar refractivity (Wildman–Crippen MR) is 108 cm³/mol. The molecule has 2 fully saturated rings. The average molecular weight is 427 g/mol. The van der Waals surface area contributed by atoms with E-state index >= 15 is 0 Å². The fourth-order valence-electron chi connectivity index (χ4n) is 4.61. The van der Waals surface area contributed by atoms with E-state index in [1.165, 1.54) is 19.3 Å². The van der Waals surface area contributed by atoms with Gasteiger partial charge in [0.25, 0.3) is 0 Å². The van der Waals surface area contributed by atoms with Gasteiger partial charge in [-0.05, 0) is 12.8 Å². The summed E-state index contributed by atoms with van der Waals surface area (Å²) in [4.78, 5) is 49.0. The first-order valence-corrected chi connectivity index (χ1v) is 10.2. The van der Waals surface area contributed by atoms with Crippen LogP contribution in [0.5, 0.6) is 0 Å². The van der Waals surface area contributed by atoms with Crippen LogP contribution in [-0.2, 0) is 30.4 Å². The molecule has 1 N–H and O–H groups in total. The molecule has 2 saturated heterocycles. The number of H-pyrrole nitrogens is 1. The number of hydrogen-bond donors (Lipinski definition) is 1. The Balaban J connectivity index is 1.42. The fraction of sp³-hybridized carbons (Fsp3) is 0.476. The number of nitrogens with one attached hydrogen (secondary N) is 1. The molecule has 1 unspecified atom stereocenters. The molecule has 2 amide bonds. The number of aromatic amines is 1. The lowest BCUT2D eigenvalue weighted by molar-refractivity contribution is -0.209. The standard InChI is InChI=1S/C21H25N5O5/c1-30-20(29)15-12-18(28)26(31-2)21(15)8-10-25(11-9-21)17(27)13-16-22-19(24-23-16)14-6-4-3-5-7-14/h3-7,15H,8-13H2,1-2H3,(H,22,23,24). The van der Waals surface area contributed by atoms with Gasteiger partial charge in [-0.15, -0.1) is 0 Å². The fourth-order valence-corrected chi connectivity index (χ4v) is 4.61. The number of hydrogen-bond acceptors (Lipinski definition) is 7. The highest BCUT2D eigenvalue weighted by Gasteiger charge is 2.58. The number of likely N-dealkylation sites (tertiary alicyclic amines) is 1. The van der Waals surface area contributed by atoms with Crippen molar-refractivity contribution >= 4 is 17.8 Å². The van der Waals surface area contributed by atoms with Crippen LogP contribution in [-0.4, -0.2) is 75.8 Å². The number of piperidine rings is 1. The number of esters is 1. The van der Waals surface area contributed by atoms with Crippen molar-refractivity contribution in [2.45, 2.75) is 31.2 Å². The summed E-state index contributed by atoms with van der Waals surface area (Å²) in [5.41, 5.74) is 0.0827. The monoisotopic (exact) mass is 427 g/mol. The van der Waals surface area contributed by atoms with Gasteiger partial charge in [-0.25, -0.2) is 10.0 Å². The van der Waals surface area contributed by atoms with Crippen LogP contribution in [0.4, 0.5) is 0 Å². The van der Waals surface area contributed by atoms with Gasteiger partial charge in [0, 0.05) is 25.1 Å². The highest BCUT2D eigenvalue weighted by atomic mass is 16.7. The van der Waals surface area contributed by atoms with E-state index in [-0.39, 0.29) is 24.7 Å². The van der Waals surface area contributed by atoms with Gasteiger partial charge < -0.3 is 9.64 Å². The molecule has 4 rings (SSSR count). The SMILES string of the molecule is COC(=O)C1CC(=O)N(OC)C12CCN(C(=O)Cc1nc(-c3ccccc3)n[nH]1)CC2. The number of amides is 2. The molecule has 164 valence electrons. The lowest BCUT2D eigenvalue weighted by Gasteiger charge is -2.45. The molecular weight excluding hydrogens is 402 g/mol. The molecular formula is C21H25N5O5. The molecule has 10 nitrogen and oxygen atoms in total. The minimum Gasteiger partial charge on any atom is -0.469 e. The molecule has 10 heteroatoms. The zero-order valence-corrected chi connectivity index (χ0v) is 17.5. The van der Waals surface area contributed by atoms with Gasteiger partial charge in [0.15, 0.2) is 5.82 Å². The van der Waals surface area contributed by atoms with Crippen molar-refractivity contribution in [1.82, 2.24) is 25.1 Å². The largest absolute Gasteiger partial charge is 0.469 e. The van der Waals surface area contributed by atoms with E-state index in [9.17, 15) is 14.4 Å². The van der Waals surface area contributed by atoms with Gasteiger partial charge in [0.05, 0.1) is 32.1 Å². The van der Waals surface area contributed by atoms with Gasteiger partial charge in [-0.3, -0.25) is 24.3 Å². The second-order valence-corrected chi connectivity index (χ2v) is 7.78. The summed E-state index contributed by atoms with van der Waals surface area (Å²) in [6, 6.07) is 9.52. The van der Waals surface area contributed by atoms with Crippen molar-refractivity contribution in [2.24, 2.45) is 5.92 Å². The molecule has 0 radical (unpaired) electrons. The Morgan fingerprint density at radius 2 is 1.90 bits per heavy atom. The van der Waals surface area contributed by atoms with E-state index in [1.54, 1.807) is 4.90 Å². The van der Waals surface area contributed by atoms with Gasteiger partial charge in [-0.1, -0.05) is 30.3 Å². The summed E-state index contributed by atoms with van der Waals surface area (Å²) in [7, 11) is 2.74. The topological polar surface area (TPSA) is 118 Å². The first kappa shape index (κ1) is 21.0. The molecule has 2 aliphatic rings. The van der Waals surface area contributed by atoms with Gasteiger partial charge in [0.2, 0.25) is 11.8 Å². The molecule has 31 heavy (non-hydrogen) atoms. The zero-order chi connectivity index (χ0) is 22.0. The maximum absolute atomic E-state index is 12.8. The molecule has 1 aromatic heterocycles. The van der Waals surface area contributed by atoms with Crippen LogP contribution >= 0.6 is 0 Å². The van der Waals surface area contributed by atoms with Gasteiger partial charge in [0.1, 0.15) is 5.82 Å². The Kier molecular flexibility index (Phi) is 5.73. The van der Waals surface area contributed by atoms with Crippen LogP contribution in [0.25, 0.3) is 11.4 Å². The third kappa shape index (κ3) is 3.78. The first-order chi connectivity index (χ1) is 15.0. The predicted octanol–water partition coefficient (Wildman–Crippen LogP) is 0.958. The molecule has 0 saturated carbocycles. The van der Waals surface area contributed by atoms with Crippen LogP contribution in [0, 0.1) is 5.92 Å². The second-order valence-electron chi connectivity index (χ2n) is 7.78. The van der Waals surface area contributed by atoms with E-state index < -0.39 is 17.4 Å². The Labute approximate surface area is 179 Å². The summed E-state index contributed by atoms with van der Waals surface area (Å²) >= 11 is 0. The van der Waals surface area contributed by atoms with Crippen LogP contribution in [0.15, 0.2) is 30.3 Å². The number of nitrogens with zero attached hydrogens (tertiary/aromatic N) is 4. The highest BCUT2D eigenvalue weighted by Crippen LogP contribution is 2.44. The van der Waals surface area contributed by atoms with Crippen LogP contribution < -0.4 is 0 Å². The summed E-state index contributed by atoms with van der Waals surface area (Å²) in [6.07, 6.45) is 1.02. The number of carbonyl (C=O) groups excluding carboxylic acids is 3. The average Bonchev–Trinajstić information content (AvgIpc) is 3.36. The van der Waals surface area contributed by atoms with Crippen molar-refractivity contribution in [3.63, 3.8) is 0 Å². The summed E-state index contributed by atoms with van der Waals surface area (Å²) < 4.78 is 4.92. The molecule has 2 aromatic rings. The van der Waals surface area contributed by atoms with Gasteiger partial charge >= 0.3 is 5.97 Å². The van der Waals surface area contributed by atoms with Crippen molar-refractivity contribution < 1.29 is 24.0 Å². The zero-order valence-electron chi connectivity index (χ0n) is 17.5. The number of benzene rings is 1. The molecule has 2 aliphatic heterocycles. The minimum atomic E-state index is -0.789. The van der Waals surface area contributed by atoms with E-state index in [0.717, 1.165) is 5.56 Å². The van der Waals surface area contributed by atoms with Crippen molar-refractivity contribution in [2.75, 3.05) is 27.3 Å². The Hall–Kier alpha value is -3.27. The number of aromatic nitrogens is 3. The molecule has 1 spiro atoms. The first-order valence-electron chi connectivity index (χ1n) is 10.2. The van der Waals surface area contributed by atoms with Crippen molar-refractivity contribution in [3.8, 4) is 11.4 Å². The van der Waals surface area contributed by atoms with Crippen molar-refractivity contribution in [3.05, 3.63) is 36.2 Å². The molecule has 1 atom stereocenters. The van der Waals surface area contributed by atoms with Crippen molar-refractivity contribution in [1.29, 1.82) is 0 Å². The maximum atomic E-state index is 12.8. The highest BCUT2D eigenvalue weighted by molar-refractivity contribution is 5.88. The normalized spacial score (nSPS) is 20.3. The summed E-state index contributed by atoms with van der Waals surface area (Å²) in [6.45, 7) is 0.804. The summed E-state index contributed by atoms with van der Waals surface area (Å²) in [5.74, 6) is -0.331. The lowest BCUT2D eigenvalue weighted by atomic mass is 9.77. The third-order valence-electron chi connectivity index (χ3n) is 6.19. The van der Waals surface area contributed by atoms with Crippen LogP contribution in [0.1, 0.15) is 25.1 Å². The van der Waals surface area contributed by atoms with E-state index in [1.807, 2.05) is 30.3 Å². The number of carbonyl (C=O) groups is 3. The van der Waals surface area contributed by atoms with Crippen LogP contribution in [0.3, 0.4) is 0 Å². The summed E-state index contributed by atoms with van der Waals surface area (Å²) in [5, 5.41) is 8.33. The minimum absolute atomic E-state index is 0.0504. The van der Waals surface area contributed by atoms with E-state index in [4.69, 9.17) is 9.57 Å².